The van der Waals surface area contributed by atoms with Crippen molar-refractivity contribution in [3.63, 3.8) is 0 Å². The summed E-state index contributed by atoms with van der Waals surface area (Å²) in [5, 5.41) is 25.2. The average Bonchev–Trinajstić information content (AvgIpc) is 2.54. The van der Waals surface area contributed by atoms with Crippen LogP contribution in [0.5, 0.6) is 0 Å². The Morgan fingerprint density at radius 3 is 2.35 bits per heavy atom. The molecule has 0 aromatic heterocycles. The van der Waals surface area contributed by atoms with Crippen LogP contribution in [0.1, 0.15) is 6.92 Å². The zero-order valence-electron chi connectivity index (χ0n) is 11.4. The van der Waals surface area contributed by atoms with Crippen molar-refractivity contribution < 1.29 is 10.2 Å². The van der Waals surface area contributed by atoms with Crippen LogP contribution >= 0.6 is 67.8 Å². The molecule has 1 rings (SSSR count). The molecule has 0 heterocycles. The van der Waals surface area contributed by atoms with Crippen molar-refractivity contribution in [3.8, 4) is 0 Å². The Kier molecular flexibility index (Phi) is 8.88. The van der Waals surface area contributed by atoms with Gasteiger partial charge in [0, 0.05) is 24.3 Å². The van der Waals surface area contributed by atoms with Gasteiger partial charge in [0.25, 0.3) is 0 Å². The molecule has 114 valence electrons. The van der Waals surface area contributed by atoms with Gasteiger partial charge in [-0.2, -0.15) is 0 Å². The number of aliphatic hydroxyl groups is 2. The number of aliphatic hydroxyl groups excluding tert-OH is 2. The van der Waals surface area contributed by atoms with Crippen LogP contribution < -0.4 is 10.6 Å². The first-order valence-corrected chi connectivity index (χ1v) is 9.87. The third-order valence-electron chi connectivity index (χ3n) is 3.17. The molecule has 0 amide bonds. The molecule has 0 aliphatic heterocycles. The second-order valence-electron chi connectivity index (χ2n) is 4.44. The number of likely N-dealkylation sites (N-methyl/N-ethyl adjacent to an activating group) is 1. The monoisotopic (exact) mass is 616 g/mol. The smallest absolute Gasteiger partial charge is 0.0607 e. The Bertz CT molecular complexity index is 443. The maximum absolute atomic E-state index is 9.29. The second kappa shape index (κ2) is 9.28. The molecular weight excluding hydrogens is 597 g/mol. The highest BCUT2D eigenvalue weighted by molar-refractivity contribution is 14.1. The lowest BCUT2D eigenvalue weighted by atomic mass is 10.1. The van der Waals surface area contributed by atoms with Gasteiger partial charge in [0.15, 0.2) is 0 Å². The van der Waals surface area contributed by atoms with Crippen molar-refractivity contribution in [2.45, 2.75) is 19.0 Å². The van der Waals surface area contributed by atoms with Crippen LogP contribution in [-0.4, -0.2) is 47.0 Å². The van der Waals surface area contributed by atoms with E-state index >= 15 is 0 Å². The van der Waals surface area contributed by atoms with E-state index in [-0.39, 0.29) is 25.3 Å². The summed E-state index contributed by atoms with van der Waals surface area (Å²) >= 11 is 7.06. The summed E-state index contributed by atoms with van der Waals surface area (Å²) in [6, 6.07) is -0.305. The molecule has 0 fully saturated rings. The number of hydrogen-bond acceptors (Lipinski definition) is 4. The van der Waals surface area contributed by atoms with Gasteiger partial charge in [-0.25, -0.2) is 0 Å². The molecule has 0 saturated carbocycles. The molecule has 0 spiro atoms. The van der Waals surface area contributed by atoms with Gasteiger partial charge in [-0.15, -0.1) is 0 Å². The number of hydrogen-bond donors (Lipinski definition) is 4. The Morgan fingerprint density at radius 1 is 1.30 bits per heavy atom. The standard InChI is InChI=1S/C13H19I3N2O2/c1-7-10(15)3-11(18-8(5-19)6-20)9(4-14)13(17-2)12(7)16/h3,8,11,17-20H,4-6H2,1-2H3. The Morgan fingerprint density at radius 2 is 1.90 bits per heavy atom. The summed E-state index contributed by atoms with van der Waals surface area (Å²) in [6.07, 6.45) is 2.16. The molecular formula is C13H19I3N2O2. The van der Waals surface area contributed by atoms with Crippen LogP contribution in [0.2, 0.25) is 0 Å². The van der Waals surface area contributed by atoms with Gasteiger partial charge >= 0.3 is 0 Å². The largest absolute Gasteiger partial charge is 0.395 e. The number of rotatable bonds is 6. The van der Waals surface area contributed by atoms with E-state index in [1.807, 2.05) is 7.05 Å². The predicted octanol–water partition coefficient (Wildman–Crippen LogP) is 2.25. The van der Waals surface area contributed by atoms with Crippen molar-refractivity contribution in [2.75, 3.05) is 24.7 Å². The zero-order valence-corrected chi connectivity index (χ0v) is 17.9. The molecule has 20 heavy (non-hydrogen) atoms. The van der Waals surface area contributed by atoms with Crippen LogP contribution in [-0.2, 0) is 0 Å². The van der Waals surface area contributed by atoms with E-state index < -0.39 is 0 Å². The van der Waals surface area contributed by atoms with Crippen molar-refractivity contribution in [1.29, 1.82) is 0 Å². The molecule has 7 heteroatoms. The highest BCUT2D eigenvalue weighted by Crippen LogP contribution is 2.35. The molecule has 0 bridgehead atoms. The lowest BCUT2D eigenvalue weighted by Gasteiger charge is -2.24. The maximum Gasteiger partial charge on any atom is 0.0607 e. The SMILES string of the molecule is CNC1=C(CI)C(NC(CO)CO)C=C(I)C(C)=C1I. The summed E-state index contributed by atoms with van der Waals surface area (Å²) in [4.78, 5) is 0. The minimum Gasteiger partial charge on any atom is -0.395 e. The molecule has 1 aliphatic rings. The Labute approximate surface area is 161 Å². The van der Waals surface area contributed by atoms with Crippen LogP contribution in [0.15, 0.2) is 30.1 Å². The summed E-state index contributed by atoms with van der Waals surface area (Å²) < 4.78 is 3.27. The van der Waals surface area contributed by atoms with Gasteiger partial charge in [-0.05, 0) is 69.3 Å². The number of alkyl halides is 1. The van der Waals surface area contributed by atoms with Gasteiger partial charge in [0.1, 0.15) is 0 Å². The molecule has 4 nitrogen and oxygen atoms in total. The van der Waals surface area contributed by atoms with Crippen LogP contribution in [0.3, 0.4) is 0 Å². The van der Waals surface area contributed by atoms with E-state index in [0.29, 0.717) is 0 Å². The second-order valence-corrected chi connectivity index (χ2v) is 7.45. The van der Waals surface area contributed by atoms with E-state index in [1.165, 1.54) is 18.3 Å². The summed E-state index contributed by atoms with van der Waals surface area (Å²) in [6.45, 7) is 1.95. The lowest BCUT2D eigenvalue weighted by molar-refractivity contribution is 0.169. The van der Waals surface area contributed by atoms with E-state index in [1.54, 1.807) is 0 Å². The topological polar surface area (TPSA) is 64.5 Å². The van der Waals surface area contributed by atoms with Gasteiger partial charge in [-0.3, -0.25) is 5.32 Å². The number of allylic oxidation sites excluding steroid dienone is 3. The van der Waals surface area contributed by atoms with E-state index in [0.717, 1.165) is 10.1 Å². The fourth-order valence-corrected chi connectivity index (χ4v) is 4.85. The van der Waals surface area contributed by atoms with Crippen molar-refractivity contribution in [3.05, 3.63) is 30.1 Å². The van der Waals surface area contributed by atoms with Crippen molar-refractivity contribution >= 4 is 67.8 Å². The molecule has 0 radical (unpaired) electrons. The highest BCUT2D eigenvalue weighted by Gasteiger charge is 2.24. The fraction of sp³-hybridized carbons (Fsp3) is 0.538. The number of halogens is 3. The first-order chi connectivity index (χ1) is 9.49. The third-order valence-corrected chi connectivity index (χ3v) is 6.51. The van der Waals surface area contributed by atoms with Crippen molar-refractivity contribution in [1.82, 2.24) is 10.6 Å². The van der Waals surface area contributed by atoms with Gasteiger partial charge in [0.2, 0.25) is 0 Å². The minimum atomic E-state index is -0.312. The average molecular weight is 616 g/mol. The van der Waals surface area contributed by atoms with Crippen molar-refractivity contribution in [2.24, 2.45) is 0 Å². The first-order valence-electron chi connectivity index (χ1n) is 6.19. The zero-order chi connectivity index (χ0) is 15.3. The molecule has 1 atom stereocenters. The molecule has 0 saturated heterocycles. The minimum absolute atomic E-state index is 0.00719. The summed E-state index contributed by atoms with van der Waals surface area (Å²) in [7, 11) is 1.93. The van der Waals surface area contributed by atoms with E-state index in [9.17, 15) is 10.2 Å². The van der Waals surface area contributed by atoms with Crippen LogP contribution in [0.4, 0.5) is 0 Å². The first kappa shape index (κ1) is 19.1. The number of nitrogens with one attached hydrogen (secondary N) is 2. The highest BCUT2D eigenvalue weighted by atomic mass is 127. The summed E-state index contributed by atoms with van der Waals surface area (Å²) in [5.74, 6) is 0. The Hall–Kier alpha value is 1.09. The predicted molar refractivity (Wildman–Crippen MR) is 109 cm³/mol. The molecule has 4 N–H and O–H groups in total. The normalized spacial score (nSPS) is 20.4. The van der Waals surface area contributed by atoms with Gasteiger partial charge in [0.05, 0.1) is 25.3 Å². The Balaban J connectivity index is 3.25. The fourth-order valence-electron chi connectivity index (χ4n) is 1.95. The lowest BCUT2D eigenvalue weighted by Crippen LogP contribution is -2.44. The van der Waals surface area contributed by atoms with E-state index in [2.05, 4.69) is 91.4 Å². The molecule has 0 aromatic rings. The quantitative estimate of drug-likeness (QED) is 0.274. The molecule has 1 aliphatic carbocycles. The van der Waals surface area contributed by atoms with Gasteiger partial charge < -0.3 is 15.5 Å². The third kappa shape index (κ3) is 4.54. The maximum atomic E-state index is 9.29. The van der Waals surface area contributed by atoms with E-state index in [4.69, 9.17) is 0 Å². The van der Waals surface area contributed by atoms with Crippen LogP contribution in [0.25, 0.3) is 0 Å². The molecule has 0 aromatic carbocycles. The van der Waals surface area contributed by atoms with Crippen LogP contribution in [0, 0.1) is 0 Å². The van der Waals surface area contributed by atoms with Gasteiger partial charge in [-0.1, -0.05) is 22.6 Å². The summed E-state index contributed by atoms with van der Waals surface area (Å²) in [5.41, 5.74) is 3.61. The molecule has 1 unspecified atom stereocenters.